The number of ether oxygens (including phenoxy) is 3. The zero-order valence-electron chi connectivity index (χ0n) is 9.83. The van der Waals surface area contributed by atoms with Crippen LogP contribution in [0.2, 0.25) is 0 Å². The topological polar surface area (TPSA) is 39.7 Å². The average molecular weight is 217 g/mol. The first-order chi connectivity index (χ1) is 7.36. The third-order valence-corrected chi connectivity index (χ3v) is 2.47. The summed E-state index contributed by atoms with van der Waals surface area (Å²) in [5.41, 5.74) is 0. The number of hydrogen-bond acceptors (Lipinski definition) is 4. The van der Waals surface area contributed by atoms with Gasteiger partial charge in [0, 0.05) is 13.7 Å². The normalized spacial score (nSPS) is 23.2. The molecule has 2 unspecified atom stereocenters. The van der Waals surface area contributed by atoms with Crippen molar-refractivity contribution in [3.8, 4) is 0 Å². The predicted octanol–water partition coefficient (Wildman–Crippen LogP) is 0.806. The van der Waals surface area contributed by atoms with Crippen LogP contribution in [0.5, 0.6) is 0 Å². The second-order valence-corrected chi connectivity index (χ2v) is 3.93. The molecule has 0 bridgehead atoms. The predicted molar refractivity (Wildman–Crippen MR) is 59.1 cm³/mol. The van der Waals surface area contributed by atoms with Crippen LogP contribution in [0.4, 0.5) is 0 Å². The summed E-state index contributed by atoms with van der Waals surface area (Å²) >= 11 is 0. The molecule has 15 heavy (non-hydrogen) atoms. The summed E-state index contributed by atoms with van der Waals surface area (Å²) in [6.45, 7) is 6.16. The summed E-state index contributed by atoms with van der Waals surface area (Å²) in [7, 11) is 1.72. The average Bonchev–Trinajstić information content (AvgIpc) is 2.75. The van der Waals surface area contributed by atoms with Crippen molar-refractivity contribution in [3.63, 3.8) is 0 Å². The maximum atomic E-state index is 5.75. The summed E-state index contributed by atoms with van der Waals surface area (Å²) in [6, 6.07) is 0.301. The van der Waals surface area contributed by atoms with E-state index in [1.807, 2.05) is 0 Å². The Morgan fingerprint density at radius 1 is 1.47 bits per heavy atom. The number of methoxy groups -OCH3 is 1. The third kappa shape index (κ3) is 5.47. The molecule has 0 saturated carbocycles. The second kappa shape index (κ2) is 8.05. The highest BCUT2D eigenvalue weighted by molar-refractivity contribution is 4.68. The van der Waals surface area contributed by atoms with Gasteiger partial charge in [0.25, 0.3) is 0 Å². The van der Waals surface area contributed by atoms with E-state index in [4.69, 9.17) is 14.2 Å². The van der Waals surface area contributed by atoms with E-state index in [0.717, 1.165) is 32.6 Å². The Morgan fingerprint density at radius 2 is 2.33 bits per heavy atom. The number of nitrogens with one attached hydrogen (secondary N) is 1. The van der Waals surface area contributed by atoms with Crippen molar-refractivity contribution < 1.29 is 14.2 Å². The van der Waals surface area contributed by atoms with Crippen molar-refractivity contribution in [1.29, 1.82) is 0 Å². The molecule has 0 spiro atoms. The summed E-state index contributed by atoms with van der Waals surface area (Å²) in [5.74, 6) is 0. The van der Waals surface area contributed by atoms with Gasteiger partial charge in [-0.1, -0.05) is 6.92 Å². The second-order valence-electron chi connectivity index (χ2n) is 3.93. The zero-order chi connectivity index (χ0) is 10.9. The largest absolute Gasteiger partial charge is 0.383 e. The van der Waals surface area contributed by atoms with Gasteiger partial charge in [-0.25, -0.2) is 0 Å². The molecular formula is C11H23NO3. The van der Waals surface area contributed by atoms with Gasteiger partial charge in [0.15, 0.2) is 0 Å². The fourth-order valence-electron chi connectivity index (χ4n) is 1.61. The van der Waals surface area contributed by atoms with Crippen LogP contribution in [0.25, 0.3) is 0 Å². The van der Waals surface area contributed by atoms with E-state index in [0.29, 0.717) is 19.3 Å². The lowest BCUT2D eigenvalue weighted by Gasteiger charge is -2.19. The van der Waals surface area contributed by atoms with Crippen LogP contribution in [0.1, 0.15) is 19.8 Å². The Hall–Kier alpha value is -0.160. The molecule has 1 aliphatic rings. The van der Waals surface area contributed by atoms with Crippen molar-refractivity contribution >= 4 is 0 Å². The Kier molecular flexibility index (Phi) is 6.92. The van der Waals surface area contributed by atoms with Gasteiger partial charge in [0.05, 0.1) is 32.0 Å². The van der Waals surface area contributed by atoms with Crippen molar-refractivity contribution in [3.05, 3.63) is 0 Å². The Labute approximate surface area is 92.3 Å². The highest BCUT2D eigenvalue weighted by Crippen LogP contribution is 2.08. The number of hydrogen-bond donors (Lipinski definition) is 1. The van der Waals surface area contributed by atoms with E-state index in [9.17, 15) is 0 Å². The molecule has 0 amide bonds. The van der Waals surface area contributed by atoms with Gasteiger partial charge in [-0.15, -0.1) is 0 Å². The van der Waals surface area contributed by atoms with E-state index in [-0.39, 0.29) is 6.10 Å². The molecule has 2 atom stereocenters. The minimum Gasteiger partial charge on any atom is -0.383 e. The van der Waals surface area contributed by atoms with Gasteiger partial charge in [0.1, 0.15) is 0 Å². The standard InChI is InChI=1S/C11H23NO3/c1-3-5-12-10(7-13-2)8-15-11-4-6-14-9-11/h10-12H,3-9H2,1-2H3. The van der Waals surface area contributed by atoms with Crippen LogP contribution < -0.4 is 5.32 Å². The fraction of sp³-hybridized carbons (Fsp3) is 1.00. The van der Waals surface area contributed by atoms with Crippen LogP contribution in [0.15, 0.2) is 0 Å². The van der Waals surface area contributed by atoms with Gasteiger partial charge in [0.2, 0.25) is 0 Å². The number of rotatable bonds is 8. The van der Waals surface area contributed by atoms with Crippen LogP contribution in [-0.4, -0.2) is 52.2 Å². The van der Waals surface area contributed by atoms with E-state index >= 15 is 0 Å². The quantitative estimate of drug-likeness (QED) is 0.653. The summed E-state index contributed by atoms with van der Waals surface area (Å²) in [4.78, 5) is 0. The van der Waals surface area contributed by atoms with Crippen molar-refractivity contribution in [2.45, 2.75) is 31.9 Å². The first kappa shape index (κ1) is 12.9. The summed E-state index contributed by atoms with van der Waals surface area (Å²) in [6.07, 6.45) is 2.44. The monoisotopic (exact) mass is 217 g/mol. The lowest BCUT2D eigenvalue weighted by atomic mass is 10.3. The molecule has 1 rings (SSSR count). The van der Waals surface area contributed by atoms with Crippen molar-refractivity contribution in [1.82, 2.24) is 5.32 Å². The van der Waals surface area contributed by atoms with Crippen molar-refractivity contribution in [2.75, 3.05) is 40.1 Å². The van der Waals surface area contributed by atoms with Crippen LogP contribution in [0, 0.1) is 0 Å². The first-order valence-electron chi connectivity index (χ1n) is 5.78. The highest BCUT2D eigenvalue weighted by Gasteiger charge is 2.17. The van der Waals surface area contributed by atoms with E-state index in [1.165, 1.54) is 0 Å². The SMILES string of the molecule is CCCNC(COC)COC1CCOC1. The third-order valence-electron chi connectivity index (χ3n) is 2.47. The molecule has 0 radical (unpaired) electrons. The van der Waals surface area contributed by atoms with Crippen LogP contribution in [0.3, 0.4) is 0 Å². The highest BCUT2D eigenvalue weighted by atomic mass is 16.5. The van der Waals surface area contributed by atoms with Crippen molar-refractivity contribution in [2.24, 2.45) is 0 Å². The maximum absolute atomic E-state index is 5.75. The van der Waals surface area contributed by atoms with Gasteiger partial charge in [-0.3, -0.25) is 0 Å². The van der Waals surface area contributed by atoms with E-state index < -0.39 is 0 Å². The van der Waals surface area contributed by atoms with E-state index in [1.54, 1.807) is 7.11 Å². The Morgan fingerprint density at radius 3 is 2.93 bits per heavy atom. The maximum Gasteiger partial charge on any atom is 0.0831 e. The zero-order valence-corrected chi connectivity index (χ0v) is 9.83. The fourth-order valence-corrected chi connectivity index (χ4v) is 1.61. The van der Waals surface area contributed by atoms with Crippen LogP contribution >= 0.6 is 0 Å². The van der Waals surface area contributed by atoms with Gasteiger partial charge in [-0.05, 0) is 19.4 Å². The lowest BCUT2D eigenvalue weighted by molar-refractivity contribution is 0.0156. The molecule has 1 N–H and O–H groups in total. The molecule has 1 fully saturated rings. The first-order valence-corrected chi connectivity index (χ1v) is 5.78. The minimum atomic E-state index is 0.285. The molecular weight excluding hydrogens is 194 g/mol. The summed E-state index contributed by atoms with van der Waals surface area (Å²) in [5, 5.41) is 3.40. The lowest BCUT2D eigenvalue weighted by Crippen LogP contribution is -2.39. The molecule has 1 heterocycles. The summed E-state index contributed by atoms with van der Waals surface area (Å²) < 4.78 is 16.1. The molecule has 90 valence electrons. The molecule has 0 aromatic heterocycles. The van der Waals surface area contributed by atoms with E-state index in [2.05, 4.69) is 12.2 Å². The minimum absolute atomic E-state index is 0.285. The molecule has 0 aromatic rings. The molecule has 1 saturated heterocycles. The molecule has 4 nitrogen and oxygen atoms in total. The molecule has 0 aliphatic carbocycles. The van der Waals surface area contributed by atoms with Gasteiger partial charge < -0.3 is 19.5 Å². The molecule has 0 aromatic carbocycles. The molecule has 4 heteroatoms. The smallest absolute Gasteiger partial charge is 0.0831 e. The molecule has 1 aliphatic heterocycles. The Balaban J connectivity index is 2.11. The Bertz CT molecular complexity index is 149. The van der Waals surface area contributed by atoms with Gasteiger partial charge in [-0.2, -0.15) is 0 Å². The van der Waals surface area contributed by atoms with Gasteiger partial charge >= 0.3 is 0 Å². The van der Waals surface area contributed by atoms with Crippen LogP contribution in [-0.2, 0) is 14.2 Å².